The molecule has 1 aromatic carbocycles. The Balaban J connectivity index is 0. The van der Waals surface area contributed by atoms with Crippen LogP contribution in [-0.2, 0) is 32.7 Å². The van der Waals surface area contributed by atoms with E-state index in [1.165, 1.54) is 6.21 Å². The topological polar surface area (TPSA) is 55.5 Å². The predicted molar refractivity (Wildman–Crippen MR) is 60.7 cm³/mol. The van der Waals surface area contributed by atoms with Crippen molar-refractivity contribution >= 4 is 11.9 Å². The number of hydrogen-bond acceptors (Lipinski definition) is 3. The Kier molecular flexibility index (Phi) is 10.1. The van der Waals surface area contributed by atoms with Crippen molar-refractivity contribution < 1.29 is 37.6 Å². The fourth-order valence-corrected chi connectivity index (χ4v) is 1.13. The number of nitro benzene ring substituents is 1. The van der Waals surface area contributed by atoms with Gasteiger partial charge in [0, 0.05) is 38.3 Å². The Bertz CT molecular complexity index is 378. The summed E-state index contributed by atoms with van der Waals surface area (Å²) < 4.78 is 0. The molecular formula is C11H12N2O2Y-2. The van der Waals surface area contributed by atoms with Gasteiger partial charge in [0.15, 0.2) is 0 Å². The number of nitro groups is 1. The van der Waals surface area contributed by atoms with Gasteiger partial charge < -0.3 is 11.6 Å². The van der Waals surface area contributed by atoms with Crippen molar-refractivity contribution in [1.29, 1.82) is 0 Å². The molecule has 5 heteroatoms. The van der Waals surface area contributed by atoms with Gasteiger partial charge in [-0.05, 0) is 12.5 Å². The van der Waals surface area contributed by atoms with Crippen molar-refractivity contribution in [3.8, 4) is 0 Å². The summed E-state index contributed by atoms with van der Waals surface area (Å²) in [6, 6.07) is 5.08. The Labute approximate surface area is 121 Å². The molecule has 0 spiro atoms. The van der Waals surface area contributed by atoms with Gasteiger partial charge in [-0.15, -0.1) is 6.21 Å². The van der Waals surface area contributed by atoms with Gasteiger partial charge in [-0.3, -0.25) is 16.7 Å². The van der Waals surface area contributed by atoms with E-state index in [2.05, 4.69) is 25.2 Å². The summed E-state index contributed by atoms with van der Waals surface area (Å²) in [6.07, 6.45) is 1.38. The molecule has 16 heavy (non-hydrogen) atoms. The third-order valence-electron chi connectivity index (χ3n) is 1.68. The normalized spacial score (nSPS) is 8.81. The quantitative estimate of drug-likeness (QED) is 0.364. The van der Waals surface area contributed by atoms with E-state index in [1.54, 1.807) is 25.1 Å². The molecule has 0 heterocycles. The first-order chi connectivity index (χ1) is 7.16. The van der Waals surface area contributed by atoms with Crippen LogP contribution in [0.2, 0.25) is 0 Å². The minimum atomic E-state index is -0.410. The van der Waals surface area contributed by atoms with Crippen LogP contribution in [0.4, 0.5) is 5.69 Å². The van der Waals surface area contributed by atoms with Gasteiger partial charge >= 0.3 is 0 Å². The van der Waals surface area contributed by atoms with Crippen molar-refractivity contribution in [2.45, 2.75) is 6.92 Å². The molecule has 0 fully saturated rings. The van der Waals surface area contributed by atoms with E-state index in [4.69, 9.17) is 0 Å². The standard InChI is InChI=1S/C9H9N2O2.C2H3.Y/c1-7-4-3-5-8(6-10-2)9(7)11(12)13;1-2;/h3-6H,2H2,1H3;1H,2H2;/q2*-1;. The first kappa shape index (κ1) is 17.4. The van der Waals surface area contributed by atoms with Gasteiger partial charge in [0.1, 0.15) is 0 Å². The second-order valence-corrected chi connectivity index (χ2v) is 2.58. The second kappa shape index (κ2) is 9.25. The Hall–Kier alpha value is -0.996. The van der Waals surface area contributed by atoms with Crippen LogP contribution in [0.5, 0.6) is 0 Å². The monoisotopic (exact) mass is 293 g/mol. The zero-order valence-electron chi connectivity index (χ0n) is 9.09. The molecule has 0 aliphatic carbocycles. The summed E-state index contributed by atoms with van der Waals surface area (Å²) in [4.78, 5) is 13.7. The van der Waals surface area contributed by atoms with Crippen LogP contribution in [0.3, 0.4) is 0 Å². The Morgan fingerprint density at radius 1 is 1.56 bits per heavy atom. The van der Waals surface area contributed by atoms with Crippen LogP contribution < -0.4 is 0 Å². The van der Waals surface area contributed by atoms with Gasteiger partial charge in [0.05, 0.1) is 4.92 Å². The summed E-state index contributed by atoms with van der Waals surface area (Å²) in [5.74, 6) is 0. The molecule has 1 aromatic rings. The molecule has 0 amide bonds. The largest absolute Gasteiger partial charge is 0.521 e. The van der Waals surface area contributed by atoms with Gasteiger partial charge in [-0.25, -0.2) is 0 Å². The molecule has 4 nitrogen and oxygen atoms in total. The fraction of sp³-hybridized carbons (Fsp3) is 0.0909. The van der Waals surface area contributed by atoms with Crippen molar-refractivity contribution in [1.82, 2.24) is 0 Å². The maximum Gasteiger partial charge on any atom is 0.263 e. The number of rotatable bonds is 2. The molecule has 0 bridgehead atoms. The molecular weight excluding hydrogens is 281 g/mol. The number of para-hydroxylation sites is 1. The summed E-state index contributed by atoms with van der Waals surface area (Å²) in [5, 5.41) is 10.6. The minimum Gasteiger partial charge on any atom is -0.521 e. The van der Waals surface area contributed by atoms with Crippen LogP contribution in [0.1, 0.15) is 11.1 Å². The van der Waals surface area contributed by atoms with Gasteiger partial charge in [0.25, 0.3) is 5.69 Å². The molecule has 1 rings (SSSR count). The molecule has 0 atom stereocenters. The molecule has 0 saturated heterocycles. The number of aliphatic imine (C=N–C) groups is 1. The van der Waals surface area contributed by atoms with Gasteiger partial charge in [-0.1, -0.05) is 18.2 Å². The van der Waals surface area contributed by atoms with E-state index in [-0.39, 0.29) is 38.4 Å². The summed E-state index contributed by atoms with van der Waals surface area (Å²) >= 11 is 0. The van der Waals surface area contributed by atoms with E-state index in [9.17, 15) is 10.1 Å². The summed E-state index contributed by atoms with van der Waals surface area (Å²) in [5.41, 5.74) is 1.21. The molecule has 0 saturated carbocycles. The van der Waals surface area contributed by atoms with Gasteiger partial charge in [0.2, 0.25) is 0 Å². The molecule has 0 aliphatic heterocycles. The number of hydrogen-bond donors (Lipinski definition) is 0. The van der Waals surface area contributed by atoms with Crippen molar-refractivity contribution in [3.05, 3.63) is 59.6 Å². The van der Waals surface area contributed by atoms with Crippen LogP contribution in [0.15, 0.2) is 29.8 Å². The van der Waals surface area contributed by atoms with Crippen LogP contribution >= 0.6 is 0 Å². The van der Waals surface area contributed by atoms with Gasteiger partial charge in [-0.2, -0.15) is 7.05 Å². The van der Waals surface area contributed by atoms with Crippen molar-refractivity contribution in [3.63, 3.8) is 0 Å². The third-order valence-corrected chi connectivity index (χ3v) is 1.68. The molecule has 83 valence electrons. The number of nitrogens with zero attached hydrogens (tertiary/aromatic N) is 2. The van der Waals surface area contributed by atoms with Crippen LogP contribution in [-0.4, -0.2) is 11.1 Å². The van der Waals surface area contributed by atoms with E-state index >= 15 is 0 Å². The second-order valence-electron chi connectivity index (χ2n) is 2.58. The van der Waals surface area contributed by atoms with Crippen molar-refractivity contribution in [2.75, 3.05) is 0 Å². The Morgan fingerprint density at radius 3 is 2.56 bits per heavy atom. The van der Waals surface area contributed by atoms with Crippen molar-refractivity contribution in [2.24, 2.45) is 4.99 Å². The summed E-state index contributed by atoms with van der Waals surface area (Å²) in [6.45, 7) is 8.69. The predicted octanol–water partition coefficient (Wildman–Crippen LogP) is 2.72. The maximum absolute atomic E-state index is 10.6. The molecule has 1 radical (unpaired) electrons. The van der Waals surface area contributed by atoms with E-state index in [1.807, 2.05) is 0 Å². The average molecular weight is 293 g/mol. The first-order valence-corrected chi connectivity index (χ1v) is 4.10. The summed E-state index contributed by atoms with van der Waals surface area (Å²) in [7, 11) is 3.26. The fourth-order valence-electron chi connectivity index (χ4n) is 1.13. The Morgan fingerprint density at radius 2 is 2.12 bits per heavy atom. The molecule has 0 unspecified atom stereocenters. The minimum absolute atomic E-state index is 0. The first-order valence-electron chi connectivity index (χ1n) is 4.10. The van der Waals surface area contributed by atoms with Crippen LogP contribution in [0, 0.1) is 30.7 Å². The van der Waals surface area contributed by atoms with E-state index in [0.717, 1.165) is 0 Å². The van der Waals surface area contributed by atoms with E-state index in [0.29, 0.717) is 11.1 Å². The molecule has 0 aromatic heterocycles. The van der Waals surface area contributed by atoms with Crippen LogP contribution in [0.25, 0.3) is 0 Å². The number of aryl methyl sites for hydroxylation is 1. The smallest absolute Gasteiger partial charge is 0.263 e. The zero-order valence-corrected chi connectivity index (χ0v) is 11.9. The third kappa shape index (κ3) is 4.68. The maximum atomic E-state index is 10.6. The molecule has 0 aliphatic rings. The number of benzene rings is 1. The average Bonchev–Trinajstić information content (AvgIpc) is 2.21. The van der Waals surface area contributed by atoms with E-state index < -0.39 is 4.92 Å². The zero-order chi connectivity index (χ0) is 11.8. The SMILES string of the molecule is [CH-]=C.[CH2-]N=Cc1cccc(C)c1[N+](=O)[O-].[Y]. The molecule has 0 N–H and O–H groups in total.